The molecule has 0 saturated carbocycles. The van der Waals surface area contributed by atoms with Gasteiger partial charge in [0, 0.05) is 38.4 Å². The molecule has 0 bridgehead atoms. The molecule has 1 atom stereocenters. The standard InChI is InChI=1S/C39H56FN3O12/c1-38(2,3)54-36(48)30-14-15-32(40)31(24-30)26-42(35(47)33(25-34(45)46)43(28-44)53-27-29-12-8-7-9-13-29)17-11-19-51-21-23-52-22-20-50-18-10-16-41-37(49)55-39(4,5)6/h7-9,12-15,24,28,33H,10-11,16-23,25-27H2,1-6H3,(H,41,49)(H,45,46)/t33-/m0/s1. The molecular formula is C39H56FN3O12. The second-order valence-corrected chi connectivity index (χ2v) is 14.4. The molecule has 0 fully saturated rings. The van der Waals surface area contributed by atoms with E-state index in [1.807, 2.05) is 0 Å². The lowest BCUT2D eigenvalue weighted by atomic mass is 10.1. The highest BCUT2D eigenvalue weighted by Gasteiger charge is 2.33. The first-order valence-corrected chi connectivity index (χ1v) is 18.1. The van der Waals surface area contributed by atoms with Crippen LogP contribution in [0.2, 0.25) is 0 Å². The number of hydrogen-bond acceptors (Lipinski definition) is 11. The summed E-state index contributed by atoms with van der Waals surface area (Å²) in [6.45, 7) is 12.1. The van der Waals surface area contributed by atoms with Crippen molar-refractivity contribution in [1.29, 1.82) is 0 Å². The lowest BCUT2D eigenvalue weighted by molar-refractivity contribution is -0.200. The topological polar surface area (TPSA) is 179 Å². The Bertz CT molecular complexity index is 1500. The molecule has 0 unspecified atom stereocenters. The number of aliphatic carboxylic acids is 1. The number of nitrogens with zero attached hydrogens (tertiary/aromatic N) is 2. The molecule has 55 heavy (non-hydrogen) atoms. The Morgan fingerprint density at radius 2 is 1.44 bits per heavy atom. The maximum atomic E-state index is 15.2. The van der Waals surface area contributed by atoms with E-state index in [1.165, 1.54) is 17.0 Å². The number of benzene rings is 2. The molecule has 2 N–H and O–H groups in total. The molecule has 2 rings (SSSR count). The quantitative estimate of drug-likeness (QED) is 0.0604. The van der Waals surface area contributed by atoms with Crippen molar-refractivity contribution in [3.05, 3.63) is 71.0 Å². The van der Waals surface area contributed by atoms with Gasteiger partial charge >= 0.3 is 18.0 Å². The van der Waals surface area contributed by atoms with Crippen molar-refractivity contribution in [2.75, 3.05) is 52.7 Å². The molecule has 16 heteroatoms. The van der Waals surface area contributed by atoms with Crippen LogP contribution in [0.5, 0.6) is 0 Å². The molecule has 0 aliphatic rings. The van der Waals surface area contributed by atoms with E-state index in [4.69, 9.17) is 28.5 Å². The van der Waals surface area contributed by atoms with Crippen molar-refractivity contribution in [2.45, 2.75) is 91.2 Å². The molecule has 15 nitrogen and oxygen atoms in total. The summed E-state index contributed by atoms with van der Waals surface area (Å²) in [6.07, 6.45) is -0.178. The fourth-order valence-electron chi connectivity index (χ4n) is 4.79. The number of carbonyl (C=O) groups is 5. The Balaban J connectivity index is 1.99. The zero-order valence-electron chi connectivity index (χ0n) is 32.7. The van der Waals surface area contributed by atoms with Crippen LogP contribution in [0.4, 0.5) is 9.18 Å². The van der Waals surface area contributed by atoms with Crippen molar-refractivity contribution >= 4 is 30.3 Å². The summed E-state index contributed by atoms with van der Waals surface area (Å²) >= 11 is 0. The van der Waals surface area contributed by atoms with Crippen LogP contribution < -0.4 is 5.32 Å². The molecule has 0 aliphatic heterocycles. The van der Waals surface area contributed by atoms with Gasteiger partial charge in [-0.3, -0.25) is 19.2 Å². The van der Waals surface area contributed by atoms with Gasteiger partial charge in [0.25, 0.3) is 0 Å². The Morgan fingerprint density at radius 3 is 2.02 bits per heavy atom. The summed E-state index contributed by atoms with van der Waals surface area (Å²) in [7, 11) is 0. The van der Waals surface area contributed by atoms with Gasteiger partial charge in [-0.1, -0.05) is 30.3 Å². The van der Waals surface area contributed by atoms with Crippen molar-refractivity contribution in [2.24, 2.45) is 0 Å². The number of ether oxygens (including phenoxy) is 5. The average molecular weight is 778 g/mol. The molecule has 0 spiro atoms. The molecule has 0 radical (unpaired) electrons. The van der Waals surface area contributed by atoms with E-state index in [1.54, 1.807) is 71.9 Å². The Labute approximate surface area is 322 Å². The molecular weight excluding hydrogens is 721 g/mol. The normalized spacial score (nSPS) is 12.1. The molecule has 0 saturated heterocycles. The van der Waals surface area contributed by atoms with Gasteiger partial charge in [0.1, 0.15) is 29.7 Å². The molecule has 0 aliphatic carbocycles. The molecule has 2 aromatic carbocycles. The van der Waals surface area contributed by atoms with Crippen LogP contribution in [0, 0.1) is 5.82 Å². The summed E-state index contributed by atoms with van der Waals surface area (Å²) in [4.78, 5) is 69.2. The monoisotopic (exact) mass is 777 g/mol. The number of halogens is 1. The largest absolute Gasteiger partial charge is 0.481 e. The number of nitrogens with one attached hydrogen (secondary N) is 1. The van der Waals surface area contributed by atoms with Crippen LogP contribution in [0.3, 0.4) is 0 Å². The van der Waals surface area contributed by atoms with Crippen LogP contribution >= 0.6 is 0 Å². The number of amides is 3. The first-order chi connectivity index (χ1) is 26.0. The third kappa shape index (κ3) is 20.0. The summed E-state index contributed by atoms with van der Waals surface area (Å²) in [5.41, 5.74) is -0.660. The van der Waals surface area contributed by atoms with Crippen LogP contribution in [0.1, 0.15) is 82.3 Å². The van der Waals surface area contributed by atoms with Crippen LogP contribution in [-0.2, 0) is 56.1 Å². The van der Waals surface area contributed by atoms with E-state index < -0.39 is 53.4 Å². The first-order valence-electron chi connectivity index (χ1n) is 18.1. The van der Waals surface area contributed by atoms with Crippen molar-refractivity contribution in [3.63, 3.8) is 0 Å². The lowest BCUT2D eigenvalue weighted by Gasteiger charge is -2.31. The predicted octanol–water partition coefficient (Wildman–Crippen LogP) is 4.90. The maximum absolute atomic E-state index is 15.2. The van der Waals surface area contributed by atoms with Crippen LogP contribution in [0.25, 0.3) is 0 Å². The molecule has 2 aromatic rings. The van der Waals surface area contributed by atoms with Gasteiger partial charge in [0.05, 0.1) is 38.4 Å². The van der Waals surface area contributed by atoms with E-state index in [9.17, 15) is 29.1 Å². The van der Waals surface area contributed by atoms with E-state index >= 15 is 4.39 Å². The zero-order chi connectivity index (χ0) is 40.9. The highest BCUT2D eigenvalue weighted by molar-refractivity contribution is 5.90. The number of carbonyl (C=O) groups excluding carboxylic acids is 4. The highest BCUT2D eigenvalue weighted by atomic mass is 19.1. The first kappa shape index (κ1) is 46.5. The van der Waals surface area contributed by atoms with Gasteiger partial charge in [-0.2, -0.15) is 0 Å². The van der Waals surface area contributed by atoms with E-state index in [-0.39, 0.29) is 63.5 Å². The Hall–Kier alpha value is -4.64. The van der Waals surface area contributed by atoms with Crippen LogP contribution in [-0.4, -0.2) is 115 Å². The van der Waals surface area contributed by atoms with Gasteiger partial charge in [-0.05, 0) is 78.1 Å². The number of hydroxylamine groups is 2. The number of carboxylic acids is 1. The SMILES string of the molecule is CC(C)(C)OC(=O)NCCCOCCOCCOCCCN(Cc1cc(C(=O)OC(C)(C)C)ccc1F)C(=O)[C@H](CC(=O)O)N(C=O)OCc1ccccc1. The van der Waals surface area contributed by atoms with Gasteiger partial charge in [-0.25, -0.2) is 19.0 Å². The molecule has 0 aromatic heterocycles. The fourth-order valence-corrected chi connectivity index (χ4v) is 4.79. The summed E-state index contributed by atoms with van der Waals surface area (Å²) in [5.74, 6) is -3.57. The minimum absolute atomic E-state index is 0.0199. The number of alkyl carbamates (subject to hydrolysis) is 1. The zero-order valence-corrected chi connectivity index (χ0v) is 32.7. The van der Waals surface area contributed by atoms with Crippen molar-refractivity contribution < 1.29 is 62.0 Å². The predicted molar refractivity (Wildman–Crippen MR) is 198 cm³/mol. The lowest BCUT2D eigenvalue weighted by Crippen LogP contribution is -2.49. The van der Waals surface area contributed by atoms with E-state index in [2.05, 4.69) is 5.32 Å². The smallest absolute Gasteiger partial charge is 0.407 e. The minimum Gasteiger partial charge on any atom is -0.481 e. The fraction of sp³-hybridized carbons (Fsp3) is 0.564. The summed E-state index contributed by atoms with van der Waals surface area (Å²) in [5, 5.41) is 13.0. The summed E-state index contributed by atoms with van der Waals surface area (Å²) < 4.78 is 42.4. The van der Waals surface area contributed by atoms with Crippen LogP contribution in [0.15, 0.2) is 48.5 Å². The maximum Gasteiger partial charge on any atom is 0.407 e. The number of carboxylic acid groups (broad SMARTS) is 1. The second-order valence-electron chi connectivity index (χ2n) is 14.4. The highest BCUT2D eigenvalue weighted by Crippen LogP contribution is 2.20. The number of esters is 1. The Morgan fingerprint density at radius 1 is 0.836 bits per heavy atom. The summed E-state index contributed by atoms with van der Waals surface area (Å²) in [6, 6.07) is 10.8. The third-order valence-electron chi connectivity index (χ3n) is 7.23. The van der Waals surface area contributed by atoms with Gasteiger partial charge in [-0.15, -0.1) is 0 Å². The Kier molecular flexibility index (Phi) is 20.3. The van der Waals surface area contributed by atoms with Crippen molar-refractivity contribution in [1.82, 2.24) is 15.3 Å². The molecule has 0 heterocycles. The second kappa shape index (κ2) is 24.0. The number of rotatable bonds is 25. The minimum atomic E-state index is -1.59. The van der Waals surface area contributed by atoms with E-state index in [0.29, 0.717) is 43.4 Å². The number of hydrogen-bond donors (Lipinski definition) is 2. The molecule has 306 valence electrons. The van der Waals surface area contributed by atoms with Crippen molar-refractivity contribution in [3.8, 4) is 0 Å². The van der Waals surface area contributed by atoms with Gasteiger partial charge < -0.3 is 39.0 Å². The average Bonchev–Trinajstić information content (AvgIpc) is 3.10. The van der Waals surface area contributed by atoms with Gasteiger partial charge in [0.15, 0.2) is 0 Å². The van der Waals surface area contributed by atoms with E-state index in [0.717, 1.165) is 6.07 Å². The van der Waals surface area contributed by atoms with Gasteiger partial charge in [0.2, 0.25) is 12.3 Å². The third-order valence-corrected chi connectivity index (χ3v) is 7.23. The molecule has 3 amide bonds.